The van der Waals surface area contributed by atoms with Crippen LogP contribution in [-0.4, -0.2) is 29.1 Å². The summed E-state index contributed by atoms with van der Waals surface area (Å²) < 4.78 is 22.0. The van der Waals surface area contributed by atoms with Gasteiger partial charge in [-0.3, -0.25) is 14.5 Å². The normalized spacial score (nSPS) is 19.9. The second kappa shape index (κ2) is 6.64. The topological polar surface area (TPSA) is 64.4 Å². The number of hydrogen-bond acceptors (Lipinski definition) is 4. The predicted molar refractivity (Wildman–Crippen MR) is 102 cm³/mol. The van der Waals surface area contributed by atoms with E-state index < -0.39 is 5.82 Å². The quantitative estimate of drug-likeness (QED) is 0.647. The third kappa shape index (κ3) is 3.00. The first kappa shape index (κ1) is 17.4. The van der Waals surface area contributed by atoms with Crippen LogP contribution in [0.4, 0.5) is 10.2 Å². The van der Waals surface area contributed by atoms with Gasteiger partial charge in [0.25, 0.3) is 5.56 Å². The summed E-state index contributed by atoms with van der Waals surface area (Å²) in [5.74, 6) is -0.357. The molecule has 2 heterocycles. The first-order valence-electron chi connectivity index (χ1n) is 8.40. The number of halogens is 2. The molecule has 1 saturated carbocycles. The molecule has 8 heteroatoms. The average Bonchev–Trinajstić information content (AvgIpc) is 3.38. The molecule has 4 rings (SSSR count). The van der Waals surface area contributed by atoms with Crippen LogP contribution < -0.4 is 15.2 Å². The van der Waals surface area contributed by atoms with Crippen LogP contribution in [0.1, 0.15) is 36.8 Å². The van der Waals surface area contributed by atoms with Gasteiger partial charge in [0.05, 0.1) is 7.11 Å². The van der Waals surface area contributed by atoms with Crippen LogP contribution in [0.2, 0.25) is 0 Å². The Morgan fingerprint density at radius 3 is 2.73 bits per heavy atom. The zero-order valence-electron chi connectivity index (χ0n) is 14.1. The van der Waals surface area contributed by atoms with Crippen LogP contribution >= 0.6 is 22.6 Å². The number of ether oxygens (including phenoxy) is 1. The first-order chi connectivity index (χ1) is 12.5. The Hall–Kier alpha value is -1.97. The lowest BCUT2D eigenvalue weighted by atomic mass is 9.97. The lowest BCUT2D eigenvalue weighted by Crippen LogP contribution is -2.34. The van der Waals surface area contributed by atoms with Crippen molar-refractivity contribution in [2.75, 3.05) is 18.6 Å². The predicted octanol–water partition coefficient (Wildman–Crippen LogP) is 2.85. The van der Waals surface area contributed by atoms with Gasteiger partial charge in [0.2, 0.25) is 11.7 Å². The van der Waals surface area contributed by atoms with E-state index in [0.29, 0.717) is 14.9 Å². The summed E-state index contributed by atoms with van der Waals surface area (Å²) >= 11 is 2.05. The van der Waals surface area contributed by atoms with Crippen molar-refractivity contribution in [1.82, 2.24) is 9.55 Å². The highest BCUT2D eigenvalue weighted by molar-refractivity contribution is 14.1. The van der Waals surface area contributed by atoms with Gasteiger partial charge in [-0.1, -0.05) is 0 Å². The summed E-state index contributed by atoms with van der Waals surface area (Å²) in [5.41, 5.74) is 0.231. The highest BCUT2D eigenvalue weighted by Crippen LogP contribution is 2.37. The van der Waals surface area contributed by atoms with Crippen molar-refractivity contribution < 1.29 is 13.9 Å². The maximum Gasteiger partial charge on any atom is 0.294 e. The third-order valence-electron chi connectivity index (χ3n) is 4.87. The summed E-state index contributed by atoms with van der Waals surface area (Å²) in [6.07, 6.45) is 5.30. The van der Waals surface area contributed by atoms with Crippen molar-refractivity contribution >= 4 is 34.3 Å². The third-order valence-corrected chi connectivity index (χ3v) is 5.76. The molecule has 1 aromatic carbocycles. The van der Waals surface area contributed by atoms with Gasteiger partial charge in [-0.25, -0.2) is 9.37 Å². The largest absolute Gasteiger partial charge is 0.497 e. The fourth-order valence-corrected chi connectivity index (χ4v) is 4.42. The van der Waals surface area contributed by atoms with Gasteiger partial charge < -0.3 is 9.30 Å². The van der Waals surface area contributed by atoms with Crippen LogP contribution in [-0.2, 0) is 4.79 Å². The van der Waals surface area contributed by atoms with Gasteiger partial charge in [-0.05, 0) is 41.5 Å². The van der Waals surface area contributed by atoms with E-state index in [4.69, 9.17) is 4.74 Å². The molecule has 2 aliphatic rings. The number of rotatable bonds is 4. The minimum atomic E-state index is -0.398. The molecular weight excluding hydrogens is 452 g/mol. The van der Waals surface area contributed by atoms with Crippen molar-refractivity contribution in [3.8, 4) is 5.75 Å². The Morgan fingerprint density at radius 1 is 1.31 bits per heavy atom. The fourth-order valence-electron chi connectivity index (χ4n) is 3.41. The number of nitrogens with zero attached hydrogens (tertiary/aromatic N) is 3. The number of carbonyl (C=O) groups excluding carboxylic acids is 1. The monoisotopic (exact) mass is 469 g/mol. The summed E-state index contributed by atoms with van der Waals surface area (Å²) in [4.78, 5) is 30.7. The molecule has 0 spiro atoms. The van der Waals surface area contributed by atoms with E-state index in [2.05, 4.69) is 27.6 Å². The van der Waals surface area contributed by atoms with Gasteiger partial charge in [-0.15, -0.1) is 0 Å². The fraction of sp³-hybridized carbons (Fsp3) is 0.389. The molecule has 0 unspecified atom stereocenters. The highest BCUT2D eigenvalue weighted by atomic mass is 127. The van der Waals surface area contributed by atoms with Crippen LogP contribution in [0, 0.1) is 9.39 Å². The Morgan fingerprint density at radius 2 is 2.08 bits per heavy atom. The molecule has 0 radical (unpaired) electrons. The van der Waals surface area contributed by atoms with E-state index in [1.165, 1.54) is 18.1 Å². The molecular formula is C18H17FIN3O3. The maximum absolute atomic E-state index is 14.6. The molecule has 1 amide bonds. The average molecular weight is 469 g/mol. The zero-order chi connectivity index (χ0) is 18.4. The molecule has 2 aromatic rings. The van der Waals surface area contributed by atoms with E-state index >= 15 is 0 Å². The molecule has 2 fully saturated rings. The number of anilines is 1. The maximum atomic E-state index is 14.6. The van der Waals surface area contributed by atoms with Gasteiger partial charge in [0.15, 0.2) is 0 Å². The molecule has 0 N–H and O–H groups in total. The number of carbonyl (C=O) groups is 1. The minimum Gasteiger partial charge on any atom is -0.497 e. The van der Waals surface area contributed by atoms with Crippen molar-refractivity contribution in [2.24, 2.45) is 0 Å². The van der Waals surface area contributed by atoms with E-state index in [1.54, 1.807) is 23.0 Å². The van der Waals surface area contributed by atoms with Crippen molar-refractivity contribution in [3.63, 3.8) is 0 Å². The second-order valence-corrected chi connectivity index (χ2v) is 7.77. The molecule has 0 bridgehead atoms. The molecule has 136 valence electrons. The lowest BCUT2D eigenvalue weighted by molar-refractivity contribution is -0.117. The van der Waals surface area contributed by atoms with Crippen molar-refractivity contribution in [1.29, 1.82) is 0 Å². The number of methoxy groups -OCH3 is 1. The van der Waals surface area contributed by atoms with Gasteiger partial charge in [0, 0.05) is 52.5 Å². The highest BCUT2D eigenvalue weighted by Gasteiger charge is 2.37. The summed E-state index contributed by atoms with van der Waals surface area (Å²) in [5, 5.41) is 0. The van der Waals surface area contributed by atoms with E-state index in [9.17, 15) is 14.0 Å². The molecule has 1 atom stereocenters. The number of benzene rings is 1. The van der Waals surface area contributed by atoms with Crippen LogP contribution in [0.5, 0.6) is 5.75 Å². The van der Waals surface area contributed by atoms with Crippen molar-refractivity contribution in [3.05, 3.63) is 49.8 Å². The second-order valence-electron chi connectivity index (χ2n) is 6.60. The van der Waals surface area contributed by atoms with E-state index in [-0.39, 0.29) is 42.2 Å². The molecule has 1 aliphatic carbocycles. The van der Waals surface area contributed by atoms with Crippen LogP contribution in [0.3, 0.4) is 0 Å². The Balaban J connectivity index is 1.66. The standard InChI is InChI=1S/C18H17FIN3O3/c1-26-12-7-13(19)16(14(20)8-12)10-6-15(24)23(9-10)17-18(25)22(5-4-21-17)11-2-3-11/h4-5,7-8,10-11H,2-3,6,9H2,1H3/t10-/m0/s1. The smallest absolute Gasteiger partial charge is 0.294 e. The molecule has 1 saturated heterocycles. The molecule has 6 nitrogen and oxygen atoms in total. The molecule has 1 aromatic heterocycles. The Bertz CT molecular complexity index is 919. The van der Waals surface area contributed by atoms with E-state index in [0.717, 1.165) is 12.8 Å². The zero-order valence-corrected chi connectivity index (χ0v) is 16.3. The SMILES string of the molecule is COc1cc(F)c([C@H]2CC(=O)N(c3nccn(C4CC4)c3=O)C2)c(I)c1. The van der Waals surface area contributed by atoms with Gasteiger partial charge in [0.1, 0.15) is 11.6 Å². The number of amides is 1. The lowest BCUT2D eigenvalue weighted by Gasteiger charge is -2.17. The van der Waals surface area contributed by atoms with Gasteiger partial charge in [-0.2, -0.15) is 0 Å². The molecule has 1 aliphatic heterocycles. The number of aromatic nitrogens is 2. The van der Waals surface area contributed by atoms with Gasteiger partial charge >= 0.3 is 0 Å². The summed E-state index contributed by atoms with van der Waals surface area (Å²) in [7, 11) is 1.48. The minimum absolute atomic E-state index is 0.135. The summed E-state index contributed by atoms with van der Waals surface area (Å²) in [6.45, 7) is 0.245. The Kier molecular flexibility index (Phi) is 4.45. The Labute approximate surface area is 163 Å². The van der Waals surface area contributed by atoms with Crippen molar-refractivity contribution in [2.45, 2.75) is 31.2 Å². The molecule has 26 heavy (non-hydrogen) atoms. The summed E-state index contributed by atoms with van der Waals surface area (Å²) in [6, 6.07) is 3.27. The van der Waals surface area contributed by atoms with E-state index in [1.807, 2.05) is 0 Å². The number of hydrogen-bond donors (Lipinski definition) is 0. The van der Waals surface area contributed by atoms with Crippen LogP contribution in [0.25, 0.3) is 0 Å². The van der Waals surface area contributed by atoms with Crippen LogP contribution in [0.15, 0.2) is 29.3 Å². The first-order valence-corrected chi connectivity index (χ1v) is 9.48.